The summed E-state index contributed by atoms with van der Waals surface area (Å²) in [6.07, 6.45) is -3.65. The zero-order chi connectivity index (χ0) is 18.8. The number of rotatable bonds is 3. The molecule has 0 spiro atoms. The number of halogens is 4. The zero-order valence-electron chi connectivity index (χ0n) is 14.0. The molecule has 0 unspecified atom stereocenters. The maximum Gasteiger partial charge on any atom is 0.419 e. The lowest BCUT2D eigenvalue weighted by atomic mass is 9.92. The van der Waals surface area contributed by atoms with Crippen molar-refractivity contribution >= 4 is 11.7 Å². The molecular formula is C16H21F4N3O2. The molecule has 1 saturated heterocycles. The number of benzene rings is 1. The summed E-state index contributed by atoms with van der Waals surface area (Å²) in [5, 5.41) is 12.9. The normalized spacial score (nSPS) is 21.5. The molecule has 1 fully saturated rings. The van der Waals surface area contributed by atoms with Crippen LogP contribution < -0.4 is 5.32 Å². The van der Waals surface area contributed by atoms with Gasteiger partial charge < -0.3 is 20.2 Å². The highest BCUT2D eigenvalue weighted by molar-refractivity contribution is 5.89. The number of likely N-dealkylation sites (N-methyl/N-ethyl adjacent to an activating group) is 1. The van der Waals surface area contributed by atoms with Crippen LogP contribution in [0.5, 0.6) is 0 Å². The van der Waals surface area contributed by atoms with Crippen molar-refractivity contribution in [3.05, 3.63) is 29.6 Å². The highest BCUT2D eigenvalue weighted by Gasteiger charge is 2.36. The van der Waals surface area contributed by atoms with Crippen LogP contribution in [0.25, 0.3) is 0 Å². The largest absolute Gasteiger partial charge is 0.419 e. The van der Waals surface area contributed by atoms with E-state index in [0.29, 0.717) is 38.1 Å². The number of nitrogens with zero attached hydrogens (tertiary/aromatic N) is 2. The Bertz CT molecular complexity index is 636. The fourth-order valence-electron chi connectivity index (χ4n) is 3.03. The number of urea groups is 1. The molecule has 0 saturated carbocycles. The van der Waals surface area contributed by atoms with Crippen LogP contribution in [0.2, 0.25) is 0 Å². The van der Waals surface area contributed by atoms with E-state index in [9.17, 15) is 27.5 Å². The fraction of sp³-hybridized carbons (Fsp3) is 0.562. The average Bonchev–Trinajstić information content (AvgIpc) is 2.44. The second kappa shape index (κ2) is 7.17. The summed E-state index contributed by atoms with van der Waals surface area (Å²) in [5.41, 5.74) is -2.51. The molecule has 1 aromatic rings. The van der Waals surface area contributed by atoms with Crippen LogP contribution in [0.1, 0.15) is 18.4 Å². The first-order chi connectivity index (χ1) is 11.5. The summed E-state index contributed by atoms with van der Waals surface area (Å²) in [4.78, 5) is 15.5. The number of hydrogen-bond donors (Lipinski definition) is 2. The predicted octanol–water partition coefficient (Wildman–Crippen LogP) is 2.76. The summed E-state index contributed by atoms with van der Waals surface area (Å²) < 4.78 is 51.2. The van der Waals surface area contributed by atoms with Crippen LogP contribution in [0.3, 0.4) is 0 Å². The van der Waals surface area contributed by atoms with Gasteiger partial charge in [-0.2, -0.15) is 13.2 Å². The maximum atomic E-state index is 13.6. The molecule has 1 aliphatic heterocycles. The second-order valence-corrected chi connectivity index (χ2v) is 6.61. The molecule has 1 heterocycles. The zero-order valence-corrected chi connectivity index (χ0v) is 14.0. The maximum absolute atomic E-state index is 13.6. The predicted molar refractivity (Wildman–Crippen MR) is 84.7 cm³/mol. The summed E-state index contributed by atoms with van der Waals surface area (Å²) in [6.45, 7) is 0.885. The van der Waals surface area contributed by atoms with Crippen molar-refractivity contribution in [2.45, 2.75) is 24.6 Å². The van der Waals surface area contributed by atoms with E-state index >= 15 is 0 Å². The number of alkyl halides is 3. The molecule has 25 heavy (non-hydrogen) atoms. The molecule has 0 aromatic heterocycles. The molecule has 2 rings (SSSR count). The highest BCUT2D eigenvalue weighted by Crippen LogP contribution is 2.32. The first kappa shape index (κ1) is 19.5. The first-order valence-corrected chi connectivity index (χ1v) is 7.80. The van der Waals surface area contributed by atoms with Crippen LogP contribution in [-0.2, 0) is 6.18 Å². The van der Waals surface area contributed by atoms with E-state index in [1.165, 1.54) is 4.90 Å². The van der Waals surface area contributed by atoms with Gasteiger partial charge >= 0.3 is 12.2 Å². The Balaban J connectivity index is 2.05. The van der Waals surface area contributed by atoms with E-state index in [1.54, 1.807) is 0 Å². The molecule has 1 aromatic carbocycles. The second-order valence-electron chi connectivity index (χ2n) is 6.61. The number of β-amino-alcohol motifs (C(OH)–C–C–N with tert-alkyl or cyclic N) is 1. The van der Waals surface area contributed by atoms with Crippen LogP contribution in [0, 0.1) is 5.82 Å². The van der Waals surface area contributed by atoms with Gasteiger partial charge in [-0.1, -0.05) is 0 Å². The SMILES string of the molecule is CN(C)C[C@]1(O)CCCN(C(=O)Nc2ccc(C(F)(F)F)c(F)c2)C1. The van der Waals surface area contributed by atoms with Gasteiger partial charge in [0.15, 0.2) is 0 Å². The Kier molecular flexibility index (Phi) is 5.58. The molecule has 0 bridgehead atoms. The minimum atomic E-state index is -4.79. The third-order valence-corrected chi connectivity index (χ3v) is 3.98. The third kappa shape index (κ3) is 5.05. The van der Waals surface area contributed by atoms with E-state index in [-0.39, 0.29) is 12.2 Å². The van der Waals surface area contributed by atoms with Crippen LogP contribution in [0.15, 0.2) is 18.2 Å². The lowest BCUT2D eigenvalue weighted by Gasteiger charge is -2.40. The molecule has 2 N–H and O–H groups in total. The van der Waals surface area contributed by atoms with E-state index in [2.05, 4.69) is 5.32 Å². The molecule has 0 aliphatic carbocycles. The van der Waals surface area contributed by atoms with Crippen molar-refractivity contribution in [3.8, 4) is 0 Å². The van der Waals surface area contributed by atoms with Crippen molar-refractivity contribution in [1.82, 2.24) is 9.80 Å². The Labute approximate surface area is 143 Å². The van der Waals surface area contributed by atoms with Crippen molar-refractivity contribution in [2.24, 2.45) is 0 Å². The van der Waals surface area contributed by atoms with Gasteiger partial charge in [-0.05, 0) is 45.1 Å². The monoisotopic (exact) mass is 363 g/mol. The average molecular weight is 363 g/mol. The van der Waals surface area contributed by atoms with Gasteiger partial charge in [0.05, 0.1) is 17.7 Å². The summed E-state index contributed by atoms with van der Waals surface area (Å²) in [6, 6.07) is 1.64. The van der Waals surface area contributed by atoms with E-state index in [4.69, 9.17) is 0 Å². The van der Waals surface area contributed by atoms with Crippen molar-refractivity contribution in [1.29, 1.82) is 0 Å². The van der Waals surface area contributed by atoms with Crippen molar-refractivity contribution in [3.63, 3.8) is 0 Å². The van der Waals surface area contributed by atoms with Crippen LogP contribution in [-0.4, -0.2) is 60.3 Å². The summed E-state index contributed by atoms with van der Waals surface area (Å²) >= 11 is 0. The van der Waals surface area contributed by atoms with Gasteiger partial charge in [0.2, 0.25) is 0 Å². The van der Waals surface area contributed by atoms with Gasteiger partial charge in [-0.15, -0.1) is 0 Å². The molecule has 9 heteroatoms. The topological polar surface area (TPSA) is 55.8 Å². The Morgan fingerprint density at radius 3 is 2.64 bits per heavy atom. The minimum Gasteiger partial charge on any atom is -0.387 e. The highest BCUT2D eigenvalue weighted by atomic mass is 19.4. The van der Waals surface area contributed by atoms with E-state index in [1.807, 2.05) is 19.0 Å². The number of aliphatic hydroxyl groups is 1. The minimum absolute atomic E-state index is 0.0720. The Morgan fingerprint density at radius 2 is 2.08 bits per heavy atom. The first-order valence-electron chi connectivity index (χ1n) is 7.80. The number of amides is 2. The standard InChI is InChI=1S/C16H21F4N3O2/c1-22(2)9-15(25)6-3-7-23(10-15)14(24)21-11-4-5-12(13(17)8-11)16(18,19)20/h4-5,8,25H,3,6-7,9-10H2,1-2H3,(H,21,24)/t15-/m1/s1. The van der Waals surface area contributed by atoms with E-state index in [0.717, 1.165) is 6.07 Å². The molecule has 140 valence electrons. The molecule has 2 amide bonds. The lowest BCUT2D eigenvalue weighted by Crippen LogP contribution is -2.55. The molecule has 5 nitrogen and oxygen atoms in total. The van der Waals surface area contributed by atoms with Gasteiger partial charge in [-0.25, -0.2) is 9.18 Å². The van der Waals surface area contributed by atoms with Gasteiger partial charge in [0.1, 0.15) is 5.82 Å². The molecule has 1 aliphatic rings. The third-order valence-electron chi connectivity index (χ3n) is 3.98. The number of carbonyl (C=O) groups is 1. The quantitative estimate of drug-likeness (QED) is 0.812. The van der Waals surface area contributed by atoms with Gasteiger partial charge in [0.25, 0.3) is 0 Å². The van der Waals surface area contributed by atoms with Gasteiger partial charge in [-0.3, -0.25) is 0 Å². The van der Waals surface area contributed by atoms with E-state index < -0.39 is 29.2 Å². The van der Waals surface area contributed by atoms with Crippen molar-refractivity contribution in [2.75, 3.05) is 39.0 Å². The lowest BCUT2D eigenvalue weighted by molar-refractivity contribution is -0.139. The number of likely N-dealkylation sites (tertiary alicyclic amines) is 1. The number of anilines is 1. The number of carbonyl (C=O) groups excluding carboxylic acids is 1. The Hall–Kier alpha value is -1.87. The van der Waals surface area contributed by atoms with Gasteiger partial charge in [0, 0.05) is 18.8 Å². The number of nitrogens with one attached hydrogen (secondary N) is 1. The van der Waals surface area contributed by atoms with Crippen LogP contribution in [0.4, 0.5) is 28.0 Å². The van der Waals surface area contributed by atoms with Crippen molar-refractivity contribution < 1.29 is 27.5 Å². The fourth-order valence-corrected chi connectivity index (χ4v) is 3.03. The molecule has 1 atom stereocenters. The number of hydrogen-bond acceptors (Lipinski definition) is 3. The van der Waals surface area contributed by atoms with Crippen LogP contribution >= 0.6 is 0 Å². The Morgan fingerprint density at radius 1 is 1.40 bits per heavy atom. The smallest absolute Gasteiger partial charge is 0.387 e. The summed E-state index contributed by atoms with van der Waals surface area (Å²) in [7, 11) is 3.62. The molecule has 0 radical (unpaired) electrons. The summed E-state index contributed by atoms with van der Waals surface area (Å²) in [5.74, 6) is -1.45. The number of piperidine rings is 1. The molecular weight excluding hydrogens is 342 g/mol.